The number of rotatable bonds is 4. The van der Waals surface area contributed by atoms with Crippen molar-refractivity contribution in [3.8, 4) is 10.4 Å². The van der Waals surface area contributed by atoms with E-state index in [-0.39, 0.29) is 11.7 Å². The van der Waals surface area contributed by atoms with Gasteiger partial charge < -0.3 is 9.84 Å². The van der Waals surface area contributed by atoms with Crippen molar-refractivity contribution >= 4 is 22.9 Å². The van der Waals surface area contributed by atoms with Gasteiger partial charge in [-0.05, 0) is 31.5 Å². The van der Waals surface area contributed by atoms with E-state index >= 15 is 0 Å². The minimum Gasteiger partial charge on any atom is -0.359 e. The largest absolute Gasteiger partial charge is 0.359 e. The molecule has 1 aromatic carbocycles. The quantitative estimate of drug-likeness (QED) is 0.756. The molecular formula is C17H15FN2O2S. The summed E-state index contributed by atoms with van der Waals surface area (Å²) in [6.45, 7) is 3.69. The zero-order chi connectivity index (χ0) is 16.4. The number of halogens is 1. The molecule has 2 aromatic heterocycles. The summed E-state index contributed by atoms with van der Waals surface area (Å²) in [5.74, 6) is 0.0177. The van der Waals surface area contributed by atoms with Crippen LogP contribution in [0.3, 0.4) is 0 Å². The molecule has 0 aliphatic rings. The monoisotopic (exact) mass is 330 g/mol. The smallest absolute Gasteiger partial charge is 0.265 e. The van der Waals surface area contributed by atoms with Gasteiger partial charge in [-0.2, -0.15) is 0 Å². The van der Waals surface area contributed by atoms with Crippen LogP contribution in [-0.2, 0) is 6.42 Å². The first-order chi connectivity index (χ1) is 11.1. The van der Waals surface area contributed by atoms with Crippen molar-refractivity contribution in [2.45, 2.75) is 20.3 Å². The molecule has 0 atom stereocenters. The van der Waals surface area contributed by atoms with Gasteiger partial charge in [-0.1, -0.05) is 30.3 Å². The number of aromatic nitrogens is 1. The van der Waals surface area contributed by atoms with Crippen molar-refractivity contribution in [2.24, 2.45) is 0 Å². The second-order valence-corrected chi connectivity index (χ2v) is 6.10. The van der Waals surface area contributed by atoms with Gasteiger partial charge in [0, 0.05) is 10.4 Å². The van der Waals surface area contributed by atoms with Gasteiger partial charge in [-0.25, -0.2) is 4.39 Å². The second kappa shape index (κ2) is 6.34. The average molecular weight is 330 g/mol. The summed E-state index contributed by atoms with van der Waals surface area (Å²) in [5.41, 5.74) is 1.81. The molecule has 0 aliphatic heterocycles. The Kier molecular flexibility index (Phi) is 4.25. The van der Waals surface area contributed by atoms with E-state index < -0.39 is 0 Å². The summed E-state index contributed by atoms with van der Waals surface area (Å²) in [7, 11) is 0. The summed E-state index contributed by atoms with van der Waals surface area (Å²) in [5, 5.41) is 6.74. The van der Waals surface area contributed by atoms with Gasteiger partial charge >= 0.3 is 0 Å². The van der Waals surface area contributed by atoms with Crippen molar-refractivity contribution in [3.63, 3.8) is 0 Å². The van der Waals surface area contributed by atoms with Crippen molar-refractivity contribution in [1.82, 2.24) is 5.16 Å². The first-order valence-electron chi connectivity index (χ1n) is 7.21. The predicted octanol–water partition coefficient (Wildman–Crippen LogP) is 4.67. The van der Waals surface area contributed by atoms with Crippen molar-refractivity contribution in [3.05, 3.63) is 58.5 Å². The molecule has 0 unspecified atom stereocenters. The molecular weight excluding hydrogens is 315 g/mol. The van der Waals surface area contributed by atoms with E-state index in [0.717, 1.165) is 0 Å². The van der Waals surface area contributed by atoms with Crippen LogP contribution < -0.4 is 5.32 Å². The van der Waals surface area contributed by atoms with Crippen LogP contribution in [0.4, 0.5) is 10.1 Å². The van der Waals surface area contributed by atoms with E-state index in [1.807, 2.05) is 6.92 Å². The predicted molar refractivity (Wildman–Crippen MR) is 88.3 cm³/mol. The zero-order valence-electron chi connectivity index (χ0n) is 12.7. The SMILES string of the molecule is CCc1noc(C)c1NC(=O)c1ccc(-c2ccccc2F)s1. The average Bonchev–Trinajstić information content (AvgIpc) is 3.16. The summed E-state index contributed by atoms with van der Waals surface area (Å²) in [6, 6.07) is 9.95. The highest BCUT2D eigenvalue weighted by atomic mass is 32.1. The number of amides is 1. The Hall–Kier alpha value is -2.47. The molecule has 1 amide bonds. The van der Waals surface area contributed by atoms with Crippen molar-refractivity contribution in [2.75, 3.05) is 5.32 Å². The highest BCUT2D eigenvalue weighted by Crippen LogP contribution is 2.31. The number of thiophene rings is 1. The van der Waals surface area contributed by atoms with Crippen LogP contribution in [0.15, 0.2) is 40.9 Å². The summed E-state index contributed by atoms with van der Waals surface area (Å²) >= 11 is 1.25. The van der Waals surface area contributed by atoms with Gasteiger partial charge in [0.05, 0.1) is 4.88 Å². The molecule has 3 rings (SSSR count). The molecule has 6 heteroatoms. The first kappa shape index (κ1) is 15.4. The van der Waals surface area contributed by atoms with Crippen LogP contribution >= 0.6 is 11.3 Å². The highest BCUT2D eigenvalue weighted by molar-refractivity contribution is 7.17. The van der Waals surface area contributed by atoms with E-state index in [0.29, 0.717) is 38.9 Å². The Labute approximate surface area is 136 Å². The molecule has 0 saturated carbocycles. The third-order valence-corrected chi connectivity index (χ3v) is 4.59. The third-order valence-electron chi connectivity index (χ3n) is 3.48. The molecule has 0 aliphatic carbocycles. The van der Waals surface area contributed by atoms with Crippen LogP contribution in [0.1, 0.15) is 28.0 Å². The lowest BCUT2D eigenvalue weighted by Gasteiger charge is -2.03. The topological polar surface area (TPSA) is 55.1 Å². The number of nitrogens with zero attached hydrogens (tertiary/aromatic N) is 1. The number of anilines is 1. The van der Waals surface area contributed by atoms with Crippen LogP contribution in [0.2, 0.25) is 0 Å². The lowest BCUT2D eigenvalue weighted by Crippen LogP contribution is -2.11. The maximum absolute atomic E-state index is 13.8. The Bertz CT molecular complexity index is 854. The maximum atomic E-state index is 13.8. The standard InChI is InChI=1S/C17H15FN2O2S/c1-3-13-16(10(2)22-20-13)19-17(21)15-9-8-14(23-15)11-6-4-5-7-12(11)18/h4-9H,3H2,1-2H3,(H,19,21). The molecule has 0 saturated heterocycles. The number of aryl methyl sites for hydroxylation is 2. The Morgan fingerprint density at radius 1 is 1.30 bits per heavy atom. The van der Waals surface area contributed by atoms with E-state index in [1.54, 1.807) is 37.3 Å². The molecule has 0 fully saturated rings. The normalized spacial score (nSPS) is 10.7. The first-order valence-corrected chi connectivity index (χ1v) is 8.03. The molecule has 118 valence electrons. The summed E-state index contributed by atoms with van der Waals surface area (Å²) < 4.78 is 18.9. The fourth-order valence-corrected chi connectivity index (χ4v) is 3.19. The third kappa shape index (κ3) is 3.03. The number of carbonyl (C=O) groups excluding carboxylic acids is 1. The number of nitrogens with one attached hydrogen (secondary N) is 1. The van der Waals surface area contributed by atoms with E-state index in [2.05, 4.69) is 10.5 Å². The molecule has 0 spiro atoms. The molecule has 23 heavy (non-hydrogen) atoms. The van der Waals surface area contributed by atoms with Crippen LogP contribution in [-0.4, -0.2) is 11.1 Å². The van der Waals surface area contributed by atoms with E-state index in [1.165, 1.54) is 17.4 Å². The lowest BCUT2D eigenvalue weighted by atomic mass is 10.2. The molecule has 0 radical (unpaired) electrons. The summed E-state index contributed by atoms with van der Waals surface area (Å²) in [4.78, 5) is 13.6. The fourth-order valence-electron chi connectivity index (χ4n) is 2.26. The minimum atomic E-state index is -0.301. The van der Waals surface area contributed by atoms with Gasteiger partial charge in [0.2, 0.25) is 0 Å². The highest BCUT2D eigenvalue weighted by Gasteiger charge is 2.17. The van der Waals surface area contributed by atoms with Gasteiger partial charge in [-0.3, -0.25) is 4.79 Å². The number of carbonyl (C=O) groups is 1. The van der Waals surface area contributed by atoms with E-state index in [9.17, 15) is 9.18 Å². The Balaban J connectivity index is 1.84. The van der Waals surface area contributed by atoms with Gasteiger partial charge in [0.15, 0.2) is 5.76 Å². The molecule has 2 heterocycles. The van der Waals surface area contributed by atoms with E-state index in [4.69, 9.17) is 4.52 Å². The fraction of sp³-hybridized carbons (Fsp3) is 0.176. The minimum absolute atomic E-state index is 0.251. The molecule has 4 nitrogen and oxygen atoms in total. The number of hydrogen-bond donors (Lipinski definition) is 1. The summed E-state index contributed by atoms with van der Waals surface area (Å²) in [6.07, 6.45) is 0.665. The number of benzene rings is 1. The van der Waals surface area contributed by atoms with Crippen LogP contribution in [0.5, 0.6) is 0 Å². The van der Waals surface area contributed by atoms with Crippen molar-refractivity contribution in [1.29, 1.82) is 0 Å². The van der Waals surface area contributed by atoms with Gasteiger partial charge in [0.1, 0.15) is 17.2 Å². The molecule has 1 N–H and O–H groups in total. The van der Waals surface area contributed by atoms with Crippen LogP contribution in [0, 0.1) is 12.7 Å². The number of hydrogen-bond acceptors (Lipinski definition) is 4. The van der Waals surface area contributed by atoms with Gasteiger partial charge in [0.25, 0.3) is 5.91 Å². The van der Waals surface area contributed by atoms with Crippen molar-refractivity contribution < 1.29 is 13.7 Å². The maximum Gasteiger partial charge on any atom is 0.265 e. The Morgan fingerprint density at radius 2 is 2.09 bits per heavy atom. The van der Waals surface area contributed by atoms with Crippen LogP contribution in [0.25, 0.3) is 10.4 Å². The molecule has 0 bridgehead atoms. The zero-order valence-corrected chi connectivity index (χ0v) is 13.5. The second-order valence-electron chi connectivity index (χ2n) is 5.01. The lowest BCUT2D eigenvalue weighted by molar-refractivity contribution is 0.103. The Morgan fingerprint density at radius 3 is 2.83 bits per heavy atom. The molecule has 3 aromatic rings. The van der Waals surface area contributed by atoms with Gasteiger partial charge in [-0.15, -0.1) is 11.3 Å².